The van der Waals surface area contributed by atoms with Gasteiger partial charge in [-0.15, -0.1) is 5.10 Å². The molecule has 0 saturated carbocycles. The number of sulfonamides is 1. The van der Waals surface area contributed by atoms with Crippen LogP contribution in [0.4, 0.5) is 0 Å². The monoisotopic (exact) mass is 403 g/mol. The summed E-state index contributed by atoms with van der Waals surface area (Å²) in [6.07, 6.45) is 4.98. The summed E-state index contributed by atoms with van der Waals surface area (Å²) in [5.74, 6) is 0. The highest BCUT2D eigenvalue weighted by Crippen LogP contribution is 2.30. The molecule has 27 heavy (non-hydrogen) atoms. The average Bonchev–Trinajstić information content (AvgIpc) is 3.34. The maximum atomic E-state index is 12.9. The lowest BCUT2D eigenvalue weighted by Gasteiger charge is -2.37. The molecule has 0 bridgehead atoms. The number of benzene rings is 1. The molecular weight excluding hydrogens is 390 g/mol. The average molecular weight is 403 g/mol. The van der Waals surface area contributed by atoms with E-state index in [4.69, 9.17) is 0 Å². The Morgan fingerprint density at radius 2 is 1.96 bits per heavy atom. The van der Waals surface area contributed by atoms with Gasteiger partial charge in [0, 0.05) is 13.1 Å². The van der Waals surface area contributed by atoms with E-state index in [1.54, 1.807) is 41.5 Å². The minimum Gasteiger partial charge on any atom is -0.246 e. The minimum atomic E-state index is -3.62. The van der Waals surface area contributed by atoms with Crippen LogP contribution in [0.15, 0.2) is 41.7 Å². The third-order valence-electron chi connectivity index (χ3n) is 4.40. The number of hydrogen-bond donors (Lipinski definition) is 0. The third kappa shape index (κ3) is 2.79. The van der Waals surface area contributed by atoms with E-state index in [-0.39, 0.29) is 10.9 Å². The predicted octanol–water partition coefficient (Wildman–Crippen LogP) is 0.168. The lowest BCUT2D eigenvalue weighted by Crippen LogP contribution is -2.50. The Labute approximate surface area is 157 Å². The fraction of sp³-hybridized carbons (Fsp3) is 0.286. The molecule has 0 radical (unpaired) electrons. The second-order valence-corrected chi connectivity index (χ2v) is 8.55. The van der Waals surface area contributed by atoms with Gasteiger partial charge in [0.25, 0.3) is 0 Å². The first-order valence-corrected chi connectivity index (χ1v) is 10.2. The van der Waals surface area contributed by atoms with Gasteiger partial charge >= 0.3 is 0 Å². The zero-order valence-electron chi connectivity index (χ0n) is 13.8. The summed E-state index contributed by atoms with van der Waals surface area (Å²) in [7, 11) is -3.62. The van der Waals surface area contributed by atoms with E-state index >= 15 is 0 Å². The SMILES string of the molecule is O=S(=O)(c1cccc2nsnc12)N1CC(n2cc(Cn3nccn3)nn2)C1. The second-order valence-electron chi connectivity index (χ2n) is 6.11. The maximum absolute atomic E-state index is 12.9. The molecule has 4 aromatic rings. The van der Waals surface area contributed by atoms with Crippen molar-refractivity contribution in [1.29, 1.82) is 0 Å². The molecule has 0 unspecified atom stereocenters. The van der Waals surface area contributed by atoms with Crippen molar-refractivity contribution in [2.24, 2.45) is 0 Å². The summed E-state index contributed by atoms with van der Waals surface area (Å²) in [5, 5.41) is 16.3. The predicted molar refractivity (Wildman–Crippen MR) is 94.4 cm³/mol. The Balaban J connectivity index is 1.32. The van der Waals surface area contributed by atoms with Crippen LogP contribution in [0.1, 0.15) is 11.7 Å². The van der Waals surface area contributed by atoms with Crippen LogP contribution in [0.2, 0.25) is 0 Å². The Bertz CT molecular complexity index is 1190. The van der Waals surface area contributed by atoms with Crippen molar-refractivity contribution in [2.75, 3.05) is 13.1 Å². The Hall–Kier alpha value is -2.77. The first kappa shape index (κ1) is 16.4. The summed E-state index contributed by atoms with van der Waals surface area (Å²) in [6.45, 7) is 1.08. The van der Waals surface area contributed by atoms with Crippen LogP contribution in [0.3, 0.4) is 0 Å². The highest BCUT2D eigenvalue weighted by Gasteiger charge is 2.39. The highest BCUT2D eigenvalue weighted by molar-refractivity contribution is 7.89. The minimum absolute atomic E-state index is 0.0561. The van der Waals surface area contributed by atoms with Gasteiger partial charge in [-0.1, -0.05) is 11.3 Å². The molecule has 0 atom stereocenters. The first-order chi connectivity index (χ1) is 13.1. The van der Waals surface area contributed by atoms with Crippen molar-refractivity contribution in [1.82, 2.24) is 43.0 Å². The number of nitrogens with zero attached hydrogens (tertiary/aromatic N) is 9. The van der Waals surface area contributed by atoms with Gasteiger partial charge in [0.1, 0.15) is 28.2 Å². The van der Waals surface area contributed by atoms with Gasteiger partial charge < -0.3 is 0 Å². The highest BCUT2D eigenvalue weighted by atomic mass is 32.2. The van der Waals surface area contributed by atoms with Crippen LogP contribution < -0.4 is 0 Å². The summed E-state index contributed by atoms with van der Waals surface area (Å²) >= 11 is 1.00. The van der Waals surface area contributed by atoms with E-state index in [1.807, 2.05) is 0 Å². The standard InChI is InChI=1S/C14H13N9O2S2/c24-27(25,13-3-1-2-12-14(13)19-26-18-12)21-8-11(9-21)22-6-10(17-20-22)7-23-15-4-5-16-23/h1-6,11H,7-9H2. The smallest absolute Gasteiger partial charge is 0.245 e. The van der Waals surface area contributed by atoms with Crippen LogP contribution >= 0.6 is 11.7 Å². The molecule has 0 amide bonds. The van der Waals surface area contributed by atoms with E-state index in [2.05, 4.69) is 29.3 Å². The fourth-order valence-corrected chi connectivity index (χ4v) is 5.21. The molecule has 0 aliphatic carbocycles. The topological polar surface area (TPSA) is 125 Å². The van der Waals surface area contributed by atoms with Crippen molar-refractivity contribution < 1.29 is 8.42 Å². The van der Waals surface area contributed by atoms with E-state index in [0.29, 0.717) is 36.4 Å². The molecule has 1 aliphatic heterocycles. The first-order valence-electron chi connectivity index (χ1n) is 8.07. The van der Waals surface area contributed by atoms with Crippen molar-refractivity contribution in [2.45, 2.75) is 17.5 Å². The van der Waals surface area contributed by atoms with Gasteiger partial charge in [-0.25, -0.2) is 13.1 Å². The number of rotatable bonds is 5. The van der Waals surface area contributed by atoms with Crippen LogP contribution in [-0.2, 0) is 16.6 Å². The molecule has 138 valence electrons. The quantitative estimate of drug-likeness (QED) is 0.462. The van der Waals surface area contributed by atoms with Gasteiger partial charge in [-0.05, 0) is 12.1 Å². The van der Waals surface area contributed by atoms with Crippen LogP contribution in [-0.4, -0.2) is 64.5 Å². The second kappa shape index (κ2) is 6.14. The van der Waals surface area contributed by atoms with Gasteiger partial charge in [-0.3, -0.25) is 0 Å². The molecule has 1 saturated heterocycles. The van der Waals surface area contributed by atoms with Gasteiger partial charge in [0.15, 0.2) is 0 Å². The maximum Gasteiger partial charge on any atom is 0.245 e. The zero-order chi connectivity index (χ0) is 18.4. The fourth-order valence-electron chi connectivity index (χ4n) is 2.94. The van der Waals surface area contributed by atoms with Gasteiger partial charge in [0.2, 0.25) is 10.0 Å². The summed E-state index contributed by atoms with van der Waals surface area (Å²) < 4.78 is 37.2. The Kier molecular flexibility index (Phi) is 3.73. The van der Waals surface area contributed by atoms with E-state index in [9.17, 15) is 8.42 Å². The summed E-state index contributed by atoms with van der Waals surface area (Å²) in [6, 6.07) is 4.94. The summed E-state index contributed by atoms with van der Waals surface area (Å²) in [4.78, 5) is 1.70. The summed E-state index contributed by atoms with van der Waals surface area (Å²) in [5.41, 5.74) is 1.72. The molecule has 3 aromatic heterocycles. The molecule has 1 fully saturated rings. The Morgan fingerprint density at radius 1 is 1.15 bits per heavy atom. The molecule has 11 nitrogen and oxygen atoms in total. The molecule has 1 aliphatic rings. The number of hydrogen-bond acceptors (Lipinski definition) is 9. The number of fused-ring (bicyclic) bond motifs is 1. The molecule has 0 spiro atoms. The molecule has 0 N–H and O–H groups in total. The largest absolute Gasteiger partial charge is 0.246 e. The van der Waals surface area contributed by atoms with Crippen molar-refractivity contribution >= 4 is 32.8 Å². The van der Waals surface area contributed by atoms with Gasteiger partial charge in [-0.2, -0.15) is 28.0 Å². The van der Waals surface area contributed by atoms with Crippen LogP contribution in [0, 0.1) is 0 Å². The molecule has 4 heterocycles. The molecule has 13 heteroatoms. The van der Waals surface area contributed by atoms with E-state index in [1.165, 1.54) is 9.10 Å². The van der Waals surface area contributed by atoms with Gasteiger partial charge in [0.05, 0.1) is 36.4 Å². The molecule has 1 aromatic carbocycles. The Morgan fingerprint density at radius 3 is 2.78 bits per heavy atom. The van der Waals surface area contributed by atoms with E-state index < -0.39 is 10.0 Å². The van der Waals surface area contributed by atoms with E-state index in [0.717, 1.165) is 11.7 Å². The van der Waals surface area contributed by atoms with Crippen molar-refractivity contribution in [3.8, 4) is 0 Å². The molecular formula is C14H13N9O2S2. The lowest BCUT2D eigenvalue weighted by molar-refractivity contribution is 0.189. The van der Waals surface area contributed by atoms with Crippen LogP contribution in [0.25, 0.3) is 11.0 Å². The number of aromatic nitrogens is 8. The normalized spacial score (nSPS) is 16.0. The third-order valence-corrected chi connectivity index (χ3v) is 6.80. The lowest BCUT2D eigenvalue weighted by atomic mass is 10.2. The zero-order valence-corrected chi connectivity index (χ0v) is 15.5. The van der Waals surface area contributed by atoms with Crippen LogP contribution in [0.5, 0.6) is 0 Å². The van der Waals surface area contributed by atoms with Crippen molar-refractivity contribution in [3.05, 3.63) is 42.5 Å². The molecule has 5 rings (SSSR count). The van der Waals surface area contributed by atoms with Crippen molar-refractivity contribution in [3.63, 3.8) is 0 Å².